The second kappa shape index (κ2) is 9.42. The summed E-state index contributed by atoms with van der Waals surface area (Å²) in [6, 6.07) is 8.27. The van der Waals surface area contributed by atoms with Crippen molar-refractivity contribution in [3.8, 4) is 0 Å². The molecule has 1 amide bonds. The van der Waals surface area contributed by atoms with Gasteiger partial charge < -0.3 is 10.6 Å². The maximum absolute atomic E-state index is 13.0. The van der Waals surface area contributed by atoms with E-state index in [1.165, 1.54) is 8.35 Å². The quantitative estimate of drug-likeness (QED) is 0.510. The number of carbonyl (C=O) groups is 1. The molecule has 0 aliphatic heterocycles. The zero-order chi connectivity index (χ0) is 23.6. The molecule has 3 aromatic heterocycles. The molecule has 3 aromatic rings. The fourth-order valence-corrected chi connectivity index (χ4v) is 4.38. The van der Waals surface area contributed by atoms with Crippen LogP contribution in [-0.4, -0.2) is 42.9 Å². The molecule has 2 N–H and O–H groups in total. The monoisotopic (exact) mass is 477 g/mol. The van der Waals surface area contributed by atoms with E-state index < -0.39 is 11.9 Å². The minimum atomic E-state index is -4.50. The van der Waals surface area contributed by atoms with Gasteiger partial charge in [-0.1, -0.05) is 10.0 Å². The Morgan fingerprint density at radius 1 is 1.24 bits per heavy atom. The summed E-state index contributed by atoms with van der Waals surface area (Å²) in [6.45, 7) is 2.65. The molecular weight excluding hydrogens is 453 g/mol. The third-order valence-electron chi connectivity index (χ3n) is 5.73. The highest BCUT2D eigenvalue weighted by molar-refractivity contribution is 7.44. The van der Waals surface area contributed by atoms with Crippen molar-refractivity contribution in [3.05, 3.63) is 54.0 Å². The number of aromatic nitrogens is 3. The van der Waals surface area contributed by atoms with Crippen LogP contribution in [0.5, 0.6) is 0 Å². The zero-order valence-corrected chi connectivity index (χ0v) is 18.8. The second-order valence-corrected chi connectivity index (χ2v) is 8.40. The molecule has 1 fully saturated rings. The molecule has 0 radical (unpaired) electrons. The first kappa shape index (κ1) is 23.1. The molecule has 33 heavy (non-hydrogen) atoms. The highest BCUT2D eigenvalue weighted by Gasteiger charge is 2.36. The molecule has 0 saturated heterocycles. The summed E-state index contributed by atoms with van der Waals surface area (Å²) >= 11 is 5.44. The molecule has 0 bridgehead atoms. The molecule has 174 valence electrons. The first-order valence-electron chi connectivity index (χ1n) is 10.8. The zero-order valence-electron chi connectivity index (χ0n) is 18.0. The van der Waals surface area contributed by atoms with Gasteiger partial charge in [-0.25, -0.2) is 14.8 Å². The summed E-state index contributed by atoms with van der Waals surface area (Å²) in [5.41, 5.74) is -0.199. The predicted molar refractivity (Wildman–Crippen MR) is 120 cm³/mol. The number of anilines is 2. The van der Waals surface area contributed by atoms with Crippen molar-refractivity contribution in [2.75, 3.05) is 17.2 Å². The van der Waals surface area contributed by atoms with E-state index in [1.54, 1.807) is 36.5 Å². The number of rotatable bonds is 6. The van der Waals surface area contributed by atoms with Gasteiger partial charge in [0.15, 0.2) is 11.7 Å². The van der Waals surface area contributed by atoms with Crippen LogP contribution in [0.3, 0.4) is 0 Å². The maximum Gasteiger partial charge on any atom is 0.434 e. The molecule has 3 heterocycles. The summed E-state index contributed by atoms with van der Waals surface area (Å²) in [7, 11) is 0. The maximum atomic E-state index is 13.0. The number of halogens is 3. The number of nitrogens with zero attached hydrogens (tertiary/aromatic N) is 4. The van der Waals surface area contributed by atoms with Gasteiger partial charge in [0.05, 0.1) is 5.56 Å². The van der Waals surface area contributed by atoms with E-state index in [2.05, 4.69) is 20.6 Å². The van der Waals surface area contributed by atoms with Gasteiger partial charge >= 0.3 is 12.1 Å². The van der Waals surface area contributed by atoms with E-state index in [-0.39, 0.29) is 23.6 Å². The Bertz CT molecular complexity index is 1170. The van der Waals surface area contributed by atoms with Crippen LogP contribution in [0.15, 0.2) is 42.7 Å². The lowest BCUT2D eigenvalue weighted by Gasteiger charge is -2.26. The fraction of sp³-hybridized carbons (Fsp3) is 0.409. The number of nitrogens with one attached hydrogen (secondary N) is 2. The van der Waals surface area contributed by atoms with E-state index >= 15 is 0 Å². The fourth-order valence-electron chi connectivity index (χ4n) is 4.06. The summed E-state index contributed by atoms with van der Waals surface area (Å²) in [4.78, 5) is 20.7. The molecule has 0 spiro atoms. The Hall–Kier alpha value is -3.08. The van der Waals surface area contributed by atoms with Crippen LogP contribution in [0, 0.1) is 0 Å². The highest BCUT2D eigenvalue weighted by atomic mass is 32.1. The van der Waals surface area contributed by atoms with Crippen molar-refractivity contribution in [2.45, 2.75) is 50.9 Å². The van der Waals surface area contributed by atoms with Gasteiger partial charge in [0.1, 0.15) is 17.3 Å². The van der Waals surface area contributed by atoms with Crippen LogP contribution in [-0.2, 0) is 18.6 Å². The lowest BCUT2D eigenvalue weighted by Crippen LogP contribution is -2.37. The molecule has 0 atom stereocenters. The minimum absolute atomic E-state index is 0.0587. The van der Waals surface area contributed by atoms with Crippen molar-refractivity contribution >= 4 is 35.6 Å². The van der Waals surface area contributed by atoms with Crippen molar-refractivity contribution in [1.29, 1.82) is 0 Å². The molecule has 0 aromatic carbocycles. The van der Waals surface area contributed by atoms with E-state index in [9.17, 15) is 18.0 Å². The number of amides is 1. The van der Waals surface area contributed by atoms with Crippen molar-refractivity contribution in [1.82, 2.24) is 14.4 Å². The van der Waals surface area contributed by atoms with Crippen LogP contribution in [0.4, 0.5) is 24.8 Å². The topological polar surface area (TPSA) is 74.3 Å². The molecule has 0 unspecified atom stereocenters. The number of alkyl halides is 3. The first-order chi connectivity index (χ1) is 15.8. The van der Waals surface area contributed by atoms with E-state index in [0.29, 0.717) is 36.6 Å². The van der Waals surface area contributed by atoms with Gasteiger partial charge in [0.2, 0.25) is 0 Å². The summed E-state index contributed by atoms with van der Waals surface area (Å²) in [6.07, 6.45) is 0.961. The largest absolute Gasteiger partial charge is 0.434 e. The number of hydrogen-bond donors (Lipinski definition) is 2. The van der Waals surface area contributed by atoms with E-state index in [1.807, 2.05) is 6.92 Å². The van der Waals surface area contributed by atoms with Crippen LogP contribution >= 0.6 is 0 Å². The Balaban J connectivity index is 1.39. The SMILES string of the molecule is CCNc1cc(C(=O)[N+](=S)C2CCC(Nc3cccc4nc(C(F)(F)F)cn34)CC2)ccn1. The molecule has 7 nitrogen and oxygen atoms in total. The van der Waals surface area contributed by atoms with Gasteiger partial charge in [-0.2, -0.15) is 13.2 Å². The number of pyridine rings is 2. The average Bonchev–Trinajstić information content (AvgIpc) is 3.25. The van der Waals surface area contributed by atoms with Gasteiger partial charge in [-0.15, -0.1) is 0 Å². The standard InChI is InChI=1S/C22H24F3N6OS/c1-2-26-18-12-14(10-11-27-18)21(32)31(33)16-8-6-15(7-9-16)28-19-4-3-5-20-29-17(13-30(19)20)22(23,24)25/h3-5,10-13,15-16,28H,2,6-9H2,1H3,(H,26,27)/q+1. The van der Waals surface area contributed by atoms with Gasteiger partial charge in [-0.05, 0) is 44.0 Å². The molecule has 11 heteroatoms. The Kier molecular flexibility index (Phi) is 6.59. The number of hydrogen-bond acceptors (Lipinski definition) is 6. The summed E-state index contributed by atoms with van der Waals surface area (Å²) in [5.74, 6) is 0.950. The van der Waals surface area contributed by atoms with Crippen molar-refractivity contribution in [3.63, 3.8) is 0 Å². The third kappa shape index (κ3) is 5.13. The van der Waals surface area contributed by atoms with Crippen LogP contribution in [0.25, 0.3) is 5.65 Å². The van der Waals surface area contributed by atoms with E-state index in [4.69, 9.17) is 12.4 Å². The molecule has 1 saturated carbocycles. The number of fused-ring (bicyclic) bond motifs is 1. The molecule has 1 aliphatic rings. The average molecular weight is 478 g/mol. The molecule has 4 rings (SSSR count). The lowest BCUT2D eigenvalue weighted by atomic mass is 9.91. The lowest BCUT2D eigenvalue weighted by molar-refractivity contribution is -0.448. The molecular formula is C22H24F3N6OS+. The summed E-state index contributed by atoms with van der Waals surface area (Å²) in [5, 5.41) is 6.41. The second-order valence-electron chi connectivity index (χ2n) is 8.00. The number of imidazole rings is 1. The normalized spacial score (nSPS) is 18.8. The third-order valence-corrected chi connectivity index (χ3v) is 6.19. The van der Waals surface area contributed by atoms with E-state index in [0.717, 1.165) is 19.0 Å². The van der Waals surface area contributed by atoms with Crippen LogP contribution < -0.4 is 10.6 Å². The van der Waals surface area contributed by atoms with Crippen molar-refractivity contribution in [2.24, 2.45) is 0 Å². The van der Waals surface area contributed by atoms with Crippen molar-refractivity contribution < 1.29 is 21.9 Å². The number of carbonyl (C=O) groups excluding carboxylic acids is 1. The van der Waals surface area contributed by atoms with Crippen LogP contribution in [0.1, 0.15) is 48.7 Å². The van der Waals surface area contributed by atoms with Gasteiger partial charge in [-0.3, -0.25) is 4.40 Å². The molecule has 1 aliphatic carbocycles. The smallest absolute Gasteiger partial charge is 0.370 e. The Morgan fingerprint density at radius 3 is 2.70 bits per heavy atom. The van der Waals surface area contributed by atoms with Crippen LogP contribution in [0.2, 0.25) is 0 Å². The Morgan fingerprint density at radius 2 is 2.00 bits per heavy atom. The van der Waals surface area contributed by atoms with Gasteiger partial charge in [0, 0.05) is 37.8 Å². The van der Waals surface area contributed by atoms with Gasteiger partial charge in [0.25, 0.3) is 12.4 Å². The first-order valence-corrected chi connectivity index (χ1v) is 11.1. The Labute approximate surface area is 194 Å². The predicted octanol–water partition coefficient (Wildman–Crippen LogP) is 4.49. The highest BCUT2D eigenvalue weighted by Crippen LogP contribution is 2.30. The minimum Gasteiger partial charge on any atom is -0.370 e. The summed E-state index contributed by atoms with van der Waals surface area (Å²) < 4.78 is 41.9.